The van der Waals surface area contributed by atoms with Crippen LogP contribution >= 0.6 is 0 Å². The molecule has 2 fully saturated rings. The molecule has 0 radical (unpaired) electrons. The standard InChI is InChI=1S/C25H37N3O4/c1-18-6-7-21(14-19(18)2)22-15-23(24(31-5)26-20(3)8-11-30-4)17-28(16-22)25(29)27-9-12-32-13-10-27/h6-7,14,22-23H,3,8-13,15-17H2,1-2,4-5H3. The van der Waals surface area contributed by atoms with Gasteiger partial charge >= 0.3 is 6.03 Å². The van der Waals surface area contributed by atoms with Gasteiger partial charge in [0.2, 0.25) is 0 Å². The Morgan fingerprint density at radius 3 is 2.56 bits per heavy atom. The van der Waals surface area contributed by atoms with Gasteiger partial charge in [-0.3, -0.25) is 0 Å². The Bertz CT molecular complexity index is 832. The van der Waals surface area contributed by atoms with Gasteiger partial charge in [-0.15, -0.1) is 0 Å². The third kappa shape index (κ3) is 6.11. The van der Waals surface area contributed by atoms with Crippen LogP contribution in [0.5, 0.6) is 0 Å². The molecule has 7 nitrogen and oxygen atoms in total. The molecule has 0 N–H and O–H groups in total. The van der Waals surface area contributed by atoms with E-state index in [1.54, 1.807) is 14.2 Å². The molecule has 32 heavy (non-hydrogen) atoms. The topological polar surface area (TPSA) is 63.6 Å². The summed E-state index contributed by atoms with van der Waals surface area (Å²) in [6.45, 7) is 12.6. The Morgan fingerprint density at radius 2 is 1.91 bits per heavy atom. The van der Waals surface area contributed by atoms with Gasteiger partial charge < -0.3 is 24.0 Å². The third-order valence-electron chi connectivity index (χ3n) is 6.43. The summed E-state index contributed by atoms with van der Waals surface area (Å²) in [6, 6.07) is 6.68. The first-order chi connectivity index (χ1) is 15.4. The van der Waals surface area contributed by atoms with Crippen molar-refractivity contribution in [1.82, 2.24) is 9.80 Å². The fourth-order valence-corrected chi connectivity index (χ4v) is 4.38. The van der Waals surface area contributed by atoms with Crippen LogP contribution in [0.4, 0.5) is 4.79 Å². The maximum atomic E-state index is 13.4. The molecule has 0 aliphatic carbocycles. The molecule has 2 aliphatic heterocycles. The first-order valence-electron chi connectivity index (χ1n) is 11.4. The van der Waals surface area contributed by atoms with Crippen molar-refractivity contribution >= 4 is 11.9 Å². The molecule has 2 aliphatic rings. The number of nitrogens with zero attached hydrogens (tertiary/aromatic N) is 3. The van der Waals surface area contributed by atoms with Gasteiger partial charge in [0, 0.05) is 51.3 Å². The second-order valence-corrected chi connectivity index (χ2v) is 8.72. The summed E-state index contributed by atoms with van der Waals surface area (Å²) in [5.74, 6) is 0.856. The van der Waals surface area contributed by atoms with E-state index in [-0.39, 0.29) is 17.9 Å². The quantitative estimate of drug-likeness (QED) is 0.496. The molecule has 0 saturated carbocycles. The molecule has 1 aromatic rings. The molecule has 7 heteroatoms. The normalized spacial score (nSPS) is 22.1. The predicted molar refractivity (Wildman–Crippen MR) is 126 cm³/mol. The Labute approximate surface area is 192 Å². The number of urea groups is 1. The van der Waals surface area contributed by atoms with Crippen LogP contribution in [0.25, 0.3) is 0 Å². The Hall–Kier alpha value is -2.38. The van der Waals surface area contributed by atoms with Gasteiger partial charge in [0.05, 0.1) is 32.8 Å². The Kier molecular flexibility index (Phi) is 8.70. The lowest BCUT2D eigenvalue weighted by Gasteiger charge is -2.41. The Balaban J connectivity index is 1.86. The van der Waals surface area contributed by atoms with Gasteiger partial charge in [0.15, 0.2) is 5.90 Å². The zero-order valence-corrected chi connectivity index (χ0v) is 19.9. The van der Waals surface area contributed by atoms with E-state index in [0.29, 0.717) is 58.3 Å². The van der Waals surface area contributed by atoms with Crippen molar-refractivity contribution in [2.75, 3.05) is 60.2 Å². The number of hydrogen-bond donors (Lipinski definition) is 0. The van der Waals surface area contributed by atoms with Crippen molar-refractivity contribution in [1.29, 1.82) is 0 Å². The van der Waals surface area contributed by atoms with Crippen molar-refractivity contribution in [2.45, 2.75) is 32.6 Å². The molecule has 176 valence electrons. The summed E-state index contributed by atoms with van der Waals surface area (Å²) in [7, 11) is 3.31. The highest BCUT2D eigenvalue weighted by atomic mass is 16.5. The van der Waals surface area contributed by atoms with E-state index >= 15 is 0 Å². The number of carbonyl (C=O) groups excluding carboxylic acids is 1. The average Bonchev–Trinajstić information content (AvgIpc) is 2.82. The zero-order valence-electron chi connectivity index (χ0n) is 19.9. The molecule has 0 bridgehead atoms. The maximum absolute atomic E-state index is 13.4. The molecule has 2 atom stereocenters. The second-order valence-electron chi connectivity index (χ2n) is 8.72. The van der Waals surface area contributed by atoms with Gasteiger partial charge in [-0.25, -0.2) is 9.79 Å². The van der Waals surface area contributed by atoms with Crippen LogP contribution in [0, 0.1) is 19.8 Å². The molecule has 2 unspecified atom stereocenters. The monoisotopic (exact) mass is 443 g/mol. The lowest BCUT2D eigenvalue weighted by molar-refractivity contribution is 0.0391. The first kappa shape index (κ1) is 24.3. The smallest absolute Gasteiger partial charge is 0.320 e. The number of methoxy groups -OCH3 is 2. The van der Waals surface area contributed by atoms with E-state index in [9.17, 15) is 4.79 Å². The lowest BCUT2D eigenvalue weighted by atomic mass is 9.83. The van der Waals surface area contributed by atoms with Crippen molar-refractivity contribution in [3.8, 4) is 0 Å². The number of aliphatic imine (C=N–C) groups is 1. The number of ether oxygens (including phenoxy) is 3. The van der Waals surface area contributed by atoms with E-state index in [1.165, 1.54) is 16.7 Å². The summed E-state index contributed by atoms with van der Waals surface area (Å²) >= 11 is 0. The minimum atomic E-state index is 0.00430. The van der Waals surface area contributed by atoms with Gasteiger partial charge in [0.1, 0.15) is 0 Å². The maximum Gasteiger partial charge on any atom is 0.320 e. The highest BCUT2D eigenvalue weighted by molar-refractivity contribution is 5.82. The zero-order chi connectivity index (χ0) is 23.1. The SMILES string of the molecule is C=C(CCOC)N=C(OC)C1CC(c2ccc(C)c(C)c2)CN(C(=O)N2CCOCC2)C1. The number of benzene rings is 1. The number of morpholine rings is 1. The molecular formula is C25H37N3O4. The van der Waals surface area contributed by atoms with Crippen molar-refractivity contribution < 1.29 is 19.0 Å². The molecular weight excluding hydrogens is 406 g/mol. The lowest BCUT2D eigenvalue weighted by Crippen LogP contribution is -2.53. The largest absolute Gasteiger partial charge is 0.484 e. The van der Waals surface area contributed by atoms with Gasteiger partial charge in [-0.1, -0.05) is 24.8 Å². The molecule has 1 aromatic carbocycles. The van der Waals surface area contributed by atoms with E-state index in [4.69, 9.17) is 14.2 Å². The minimum absolute atomic E-state index is 0.00430. The Morgan fingerprint density at radius 1 is 1.16 bits per heavy atom. The minimum Gasteiger partial charge on any atom is -0.484 e. The van der Waals surface area contributed by atoms with Crippen LogP contribution < -0.4 is 0 Å². The fraction of sp³-hybridized carbons (Fsp3) is 0.600. The van der Waals surface area contributed by atoms with Crippen LogP contribution in [-0.2, 0) is 14.2 Å². The molecule has 3 rings (SSSR count). The van der Waals surface area contributed by atoms with Crippen molar-refractivity contribution in [2.24, 2.45) is 10.9 Å². The number of aryl methyl sites for hydroxylation is 2. The third-order valence-corrected chi connectivity index (χ3v) is 6.43. The van der Waals surface area contributed by atoms with Crippen LogP contribution in [0.15, 0.2) is 35.5 Å². The number of hydrogen-bond acceptors (Lipinski definition) is 5. The molecule has 0 spiro atoms. The van der Waals surface area contributed by atoms with Crippen LogP contribution in [0.1, 0.15) is 35.4 Å². The van der Waals surface area contributed by atoms with E-state index in [0.717, 1.165) is 12.1 Å². The van der Waals surface area contributed by atoms with Gasteiger partial charge in [0.25, 0.3) is 0 Å². The molecule has 2 heterocycles. The van der Waals surface area contributed by atoms with Crippen LogP contribution in [0.2, 0.25) is 0 Å². The first-order valence-corrected chi connectivity index (χ1v) is 11.4. The number of piperidine rings is 1. The summed E-state index contributed by atoms with van der Waals surface area (Å²) < 4.78 is 16.3. The molecule has 0 aromatic heterocycles. The second kappa shape index (κ2) is 11.5. The van der Waals surface area contributed by atoms with E-state index < -0.39 is 0 Å². The number of amides is 2. The highest BCUT2D eigenvalue weighted by Crippen LogP contribution is 2.33. The number of rotatable bonds is 6. The highest BCUT2D eigenvalue weighted by Gasteiger charge is 2.36. The fourth-order valence-electron chi connectivity index (χ4n) is 4.38. The van der Waals surface area contributed by atoms with E-state index in [1.807, 2.05) is 9.80 Å². The van der Waals surface area contributed by atoms with Crippen LogP contribution in [-0.4, -0.2) is 81.9 Å². The number of likely N-dealkylation sites (tertiary alicyclic amines) is 1. The van der Waals surface area contributed by atoms with Gasteiger partial charge in [-0.05, 0) is 37.0 Å². The van der Waals surface area contributed by atoms with E-state index in [2.05, 4.69) is 43.6 Å². The average molecular weight is 444 g/mol. The molecule has 2 amide bonds. The predicted octanol–water partition coefficient (Wildman–Crippen LogP) is 3.76. The van der Waals surface area contributed by atoms with Crippen molar-refractivity contribution in [3.63, 3.8) is 0 Å². The molecule has 2 saturated heterocycles. The summed E-state index contributed by atoms with van der Waals surface area (Å²) in [6.07, 6.45) is 1.52. The van der Waals surface area contributed by atoms with Crippen molar-refractivity contribution in [3.05, 3.63) is 47.2 Å². The number of carbonyl (C=O) groups is 1. The van der Waals surface area contributed by atoms with Crippen LogP contribution in [0.3, 0.4) is 0 Å². The summed E-state index contributed by atoms with van der Waals surface area (Å²) in [5.41, 5.74) is 4.52. The van der Waals surface area contributed by atoms with Gasteiger partial charge in [-0.2, -0.15) is 0 Å². The summed E-state index contributed by atoms with van der Waals surface area (Å²) in [4.78, 5) is 21.9. The summed E-state index contributed by atoms with van der Waals surface area (Å²) in [5, 5.41) is 0.